The summed E-state index contributed by atoms with van der Waals surface area (Å²) in [6.45, 7) is 4.65. The molecule has 1 heterocycles. The van der Waals surface area contributed by atoms with Crippen molar-refractivity contribution in [1.82, 2.24) is 4.90 Å². The molecule has 1 aliphatic heterocycles. The Hall–Kier alpha value is -1.84. The summed E-state index contributed by atoms with van der Waals surface area (Å²) in [6, 6.07) is 5.64. The number of likely N-dealkylation sites (tertiary alicyclic amines) is 1. The minimum Gasteiger partial charge on any atom is -0.480 e. The number of rotatable bonds is 4. The van der Waals surface area contributed by atoms with Gasteiger partial charge >= 0.3 is 5.97 Å². The van der Waals surface area contributed by atoms with Crippen molar-refractivity contribution in [3.63, 3.8) is 0 Å². The molecule has 1 amide bonds. The Morgan fingerprint density at radius 1 is 1.25 bits per heavy atom. The minimum absolute atomic E-state index is 0.0472. The summed E-state index contributed by atoms with van der Waals surface area (Å²) in [4.78, 5) is 24.8. The van der Waals surface area contributed by atoms with Crippen LogP contribution in [0.2, 0.25) is 0 Å². The highest BCUT2D eigenvalue weighted by atomic mass is 16.4. The van der Waals surface area contributed by atoms with Gasteiger partial charge in [0, 0.05) is 13.0 Å². The van der Waals surface area contributed by atoms with Gasteiger partial charge in [0.25, 0.3) is 0 Å². The lowest BCUT2D eigenvalue weighted by Gasteiger charge is -2.21. The van der Waals surface area contributed by atoms with Crippen LogP contribution in [0.1, 0.15) is 36.0 Å². The van der Waals surface area contributed by atoms with E-state index >= 15 is 0 Å². The van der Waals surface area contributed by atoms with E-state index in [1.807, 2.05) is 13.8 Å². The predicted molar refractivity (Wildman–Crippen MR) is 76.6 cm³/mol. The minimum atomic E-state index is -0.887. The summed E-state index contributed by atoms with van der Waals surface area (Å²) in [7, 11) is 0. The molecule has 0 spiro atoms. The van der Waals surface area contributed by atoms with Crippen LogP contribution in [0.15, 0.2) is 18.2 Å². The van der Waals surface area contributed by atoms with Crippen LogP contribution in [-0.2, 0) is 16.0 Å². The van der Waals surface area contributed by atoms with Crippen LogP contribution >= 0.6 is 0 Å². The molecule has 1 atom stereocenters. The highest BCUT2D eigenvalue weighted by molar-refractivity contribution is 5.84. The molecule has 0 saturated carbocycles. The molecular formula is C16H21NO3. The number of aliphatic carboxylic acids is 1. The zero-order valence-corrected chi connectivity index (χ0v) is 12.1. The summed E-state index contributed by atoms with van der Waals surface area (Å²) in [6.07, 6.45) is 2.41. The van der Waals surface area contributed by atoms with Crippen molar-refractivity contribution in [2.75, 3.05) is 6.54 Å². The Morgan fingerprint density at radius 3 is 2.50 bits per heavy atom. The van der Waals surface area contributed by atoms with Crippen molar-refractivity contribution >= 4 is 11.9 Å². The average molecular weight is 275 g/mol. The molecule has 1 N–H and O–H groups in total. The predicted octanol–water partition coefficient (Wildman–Crippen LogP) is 2.31. The monoisotopic (exact) mass is 275 g/mol. The third-order valence-corrected chi connectivity index (χ3v) is 3.77. The lowest BCUT2D eigenvalue weighted by atomic mass is 10.0. The first-order chi connectivity index (χ1) is 9.47. The van der Waals surface area contributed by atoms with Gasteiger partial charge in [-0.3, -0.25) is 4.79 Å². The van der Waals surface area contributed by atoms with Crippen molar-refractivity contribution in [3.8, 4) is 0 Å². The molecule has 0 unspecified atom stereocenters. The smallest absolute Gasteiger partial charge is 0.326 e. The molecule has 4 nitrogen and oxygen atoms in total. The summed E-state index contributed by atoms with van der Waals surface area (Å²) in [5, 5.41) is 9.10. The topological polar surface area (TPSA) is 57.6 Å². The van der Waals surface area contributed by atoms with Gasteiger partial charge < -0.3 is 10.0 Å². The molecule has 1 fully saturated rings. The molecule has 0 radical (unpaired) electrons. The van der Waals surface area contributed by atoms with Gasteiger partial charge in [0.15, 0.2) is 0 Å². The van der Waals surface area contributed by atoms with E-state index in [2.05, 4.69) is 18.2 Å². The first-order valence-electron chi connectivity index (χ1n) is 7.07. The number of carboxylic acids is 1. The Kier molecular flexibility index (Phi) is 4.42. The second-order valence-corrected chi connectivity index (χ2v) is 5.58. The van der Waals surface area contributed by atoms with E-state index in [1.165, 1.54) is 16.0 Å². The summed E-state index contributed by atoms with van der Waals surface area (Å²) in [5.41, 5.74) is 3.52. The van der Waals surface area contributed by atoms with Gasteiger partial charge in [-0.1, -0.05) is 29.3 Å². The maximum Gasteiger partial charge on any atom is 0.326 e. The molecule has 0 aliphatic carbocycles. The van der Waals surface area contributed by atoms with E-state index in [0.29, 0.717) is 25.8 Å². The molecule has 20 heavy (non-hydrogen) atoms. The fourth-order valence-corrected chi connectivity index (χ4v) is 2.93. The number of aryl methyl sites for hydroxylation is 3. The lowest BCUT2D eigenvalue weighted by Crippen LogP contribution is -2.40. The van der Waals surface area contributed by atoms with E-state index < -0.39 is 12.0 Å². The molecule has 1 saturated heterocycles. The van der Waals surface area contributed by atoms with Gasteiger partial charge in [-0.15, -0.1) is 0 Å². The van der Waals surface area contributed by atoms with Crippen LogP contribution in [0.5, 0.6) is 0 Å². The van der Waals surface area contributed by atoms with E-state index in [1.54, 1.807) is 0 Å². The van der Waals surface area contributed by atoms with Crippen LogP contribution in [0.4, 0.5) is 0 Å². The highest BCUT2D eigenvalue weighted by Crippen LogP contribution is 2.19. The maximum absolute atomic E-state index is 12.2. The summed E-state index contributed by atoms with van der Waals surface area (Å²) >= 11 is 0. The number of carboxylic acid groups (broad SMARTS) is 1. The second-order valence-electron chi connectivity index (χ2n) is 5.58. The van der Waals surface area contributed by atoms with Gasteiger partial charge in [0.1, 0.15) is 6.04 Å². The fraction of sp³-hybridized carbons (Fsp3) is 0.500. The quantitative estimate of drug-likeness (QED) is 0.917. The van der Waals surface area contributed by atoms with Crippen molar-refractivity contribution in [2.24, 2.45) is 0 Å². The standard InChI is InChI=1S/C16H21NO3/c1-11-8-12(2)10-13(9-11)5-6-15(18)17-7-3-4-14(17)16(19)20/h8-10,14H,3-7H2,1-2H3,(H,19,20)/t14-/m0/s1. The van der Waals surface area contributed by atoms with Gasteiger partial charge in [-0.25, -0.2) is 4.79 Å². The SMILES string of the molecule is Cc1cc(C)cc(CCC(=O)N2CCC[C@H]2C(=O)O)c1. The zero-order valence-electron chi connectivity index (χ0n) is 12.1. The van der Waals surface area contributed by atoms with Crippen LogP contribution < -0.4 is 0 Å². The molecule has 0 aromatic heterocycles. The number of benzene rings is 1. The van der Waals surface area contributed by atoms with E-state index in [0.717, 1.165) is 12.0 Å². The van der Waals surface area contributed by atoms with Gasteiger partial charge in [-0.05, 0) is 38.7 Å². The number of hydrogen-bond donors (Lipinski definition) is 1. The molecule has 4 heteroatoms. The third-order valence-electron chi connectivity index (χ3n) is 3.77. The van der Waals surface area contributed by atoms with Crippen molar-refractivity contribution in [1.29, 1.82) is 0 Å². The number of nitrogens with zero attached hydrogens (tertiary/aromatic N) is 1. The first-order valence-corrected chi connectivity index (χ1v) is 7.07. The normalized spacial score (nSPS) is 18.3. The molecule has 108 valence electrons. The van der Waals surface area contributed by atoms with E-state index in [4.69, 9.17) is 5.11 Å². The summed E-state index contributed by atoms with van der Waals surface area (Å²) in [5.74, 6) is -0.934. The Bertz CT molecular complexity index is 504. The molecular weight excluding hydrogens is 254 g/mol. The number of hydrogen-bond acceptors (Lipinski definition) is 2. The second kappa shape index (κ2) is 6.07. The van der Waals surface area contributed by atoms with Crippen LogP contribution in [0, 0.1) is 13.8 Å². The third kappa shape index (κ3) is 3.38. The van der Waals surface area contributed by atoms with Crippen LogP contribution in [-0.4, -0.2) is 34.5 Å². The van der Waals surface area contributed by atoms with Crippen molar-refractivity contribution in [2.45, 2.75) is 45.6 Å². The van der Waals surface area contributed by atoms with Crippen LogP contribution in [0.25, 0.3) is 0 Å². The highest BCUT2D eigenvalue weighted by Gasteiger charge is 2.33. The fourth-order valence-electron chi connectivity index (χ4n) is 2.93. The number of carbonyl (C=O) groups excluding carboxylic acids is 1. The van der Waals surface area contributed by atoms with Crippen LogP contribution in [0.3, 0.4) is 0 Å². The Morgan fingerprint density at radius 2 is 1.90 bits per heavy atom. The maximum atomic E-state index is 12.2. The first kappa shape index (κ1) is 14.6. The van der Waals surface area contributed by atoms with Crippen molar-refractivity contribution in [3.05, 3.63) is 34.9 Å². The number of amides is 1. The summed E-state index contributed by atoms with van der Waals surface area (Å²) < 4.78 is 0. The van der Waals surface area contributed by atoms with Crippen molar-refractivity contribution < 1.29 is 14.7 Å². The van der Waals surface area contributed by atoms with Gasteiger partial charge in [0.05, 0.1) is 0 Å². The van der Waals surface area contributed by atoms with Gasteiger partial charge in [0.2, 0.25) is 5.91 Å². The lowest BCUT2D eigenvalue weighted by molar-refractivity contribution is -0.148. The zero-order chi connectivity index (χ0) is 14.7. The van der Waals surface area contributed by atoms with Gasteiger partial charge in [-0.2, -0.15) is 0 Å². The molecule has 1 aliphatic rings. The molecule has 1 aromatic carbocycles. The number of carbonyl (C=O) groups is 2. The Balaban J connectivity index is 1.96. The molecule has 1 aromatic rings. The largest absolute Gasteiger partial charge is 0.480 e. The van der Waals surface area contributed by atoms with E-state index in [-0.39, 0.29) is 5.91 Å². The molecule has 0 bridgehead atoms. The van der Waals surface area contributed by atoms with E-state index in [9.17, 15) is 9.59 Å². The Labute approximate surface area is 119 Å². The average Bonchev–Trinajstić information content (AvgIpc) is 2.84. The molecule has 2 rings (SSSR count).